The molecule has 4 nitrogen and oxygen atoms in total. The van der Waals surface area contributed by atoms with Crippen LogP contribution in [0.4, 0.5) is 0 Å². The van der Waals surface area contributed by atoms with E-state index in [0.29, 0.717) is 17.5 Å². The third kappa shape index (κ3) is 4.80. The molecular weight excluding hydrogens is 647 g/mol. The Balaban J connectivity index is 1.10. The van der Waals surface area contributed by atoms with Crippen LogP contribution in [0.2, 0.25) is 0 Å². The van der Waals surface area contributed by atoms with Gasteiger partial charge in [0.25, 0.3) is 0 Å². The van der Waals surface area contributed by atoms with E-state index in [9.17, 15) is 0 Å². The summed E-state index contributed by atoms with van der Waals surface area (Å²) in [6, 6.07) is 61.7. The molecule has 0 aliphatic heterocycles. The Morgan fingerprint density at radius 2 is 0.962 bits per heavy atom. The quantitative estimate of drug-likeness (QED) is 0.174. The van der Waals surface area contributed by atoms with Crippen LogP contribution >= 0.6 is 0 Å². The molecule has 0 aliphatic carbocycles. The van der Waals surface area contributed by atoms with Crippen LogP contribution < -0.4 is 0 Å². The summed E-state index contributed by atoms with van der Waals surface area (Å²) in [4.78, 5) is 15.2. The summed E-state index contributed by atoms with van der Waals surface area (Å²) in [5.41, 5.74) is 6.67. The fourth-order valence-electron chi connectivity index (χ4n) is 7.97. The van der Waals surface area contributed by atoms with Crippen molar-refractivity contribution in [3.63, 3.8) is 0 Å². The van der Waals surface area contributed by atoms with Crippen LogP contribution in [0, 0.1) is 0 Å². The molecular formula is C49H29N3O. The molecule has 4 heteroatoms. The molecule has 0 spiro atoms. The lowest BCUT2D eigenvalue weighted by Gasteiger charge is -2.13. The molecule has 0 saturated heterocycles. The number of benzene rings is 9. The molecule has 246 valence electrons. The first-order valence-electron chi connectivity index (χ1n) is 17.9. The van der Waals surface area contributed by atoms with E-state index in [4.69, 9.17) is 19.4 Å². The highest BCUT2D eigenvalue weighted by Crippen LogP contribution is 2.42. The predicted molar refractivity (Wildman–Crippen MR) is 219 cm³/mol. The second-order valence-electron chi connectivity index (χ2n) is 13.6. The first-order chi connectivity index (χ1) is 26.2. The van der Waals surface area contributed by atoms with Gasteiger partial charge in [0, 0.05) is 27.5 Å². The maximum atomic E-state index is 6.64. The summed E-state index contributed by atoms with van der Waals surface area (Å²) in [5, 5.41) is 11.8. The lowest BCUT2D eigenvalue weighted by molar-refractivity contribution is 0.669. The number of aromatic nitrogens is 3. The molecule has 0 atom stereocenters. The Bertz CT molecular complexity index is 3240. The van der Waals surface area contributed by atoms with Gasteiger partial charge in [0.05, 0.1) is 0 Å². The summed E-state index contributed by atoms with van der Waals surface area (Å²) < 4.78 is 6.64. The fourth-order valence-corrected chi connectivity index (χ4v) is 7.97. The average molecular weight is 676 g/mol. The van der Waals surface area contributed by atoms with Crippen molar-refractivity contribution in [2.75, 3.05) is 0 Å². The zero-order chi connectivity index (χ0) is 34.9. The third-order valence-corrected chi connectivity index (χ3v) is 10.5. The van der Waals surface area contributed by atoms with E-state index in [1.54, 1.807) is 0 Å². The van der Waals surface area contributed by atoms with Gasteiger partial charge in [-0.1, -0.05) is 146 Å². The van der Waals surface area contributed by atoms with Crippen molar-refractivity contribution in [1.29, 1.82) is 0 Å². The highest BCUT2D eigenvalue weighted by Gasteiger charge is 2.19. The van der Waals surface area contributed by atoms with E-state index >= 15 is 0 Å². The van der Waals surface area contributed by atoms with Crippen LogP contribution in [0.25, 0.3) is 110 Å². The summed E-state index contributed by atoms with van der Waals surface area (Å²) >= 11 is 0. The van der Waals surface area contributed by atoms with Crippen LogP contribution in [0.3, 0.4) is 0 Å². The first kappa shape index (κ1) is 29.5. The lowest BCUT2D eigenvalue weighted by atomic mass is 9.90. The molecule has 0 saturated carbocycles. The van der Waals surface area contributed by atoms with E-state index < -0.39 is 0 Å². The van der Waals surface area contributed by atoms with Crippen LogP contribution in [-0.2, 0) is 0 Å². The maximum absolute atomic E-state index is 6.64. The maximum Gasteiger partial charge on any atom is 0.164 e. The second kappa shape index (κ2) is 11.7. The summed E-state index contributed by atoms with van der Waals surface area (Å²) in [6.45, 7) is 0. The molecule has 2 heterocycles. The molecule has 0 fully saturated rings. The minimum atomic E-state index is 0.604. The lowest BCUT2D eigenvalue weighted by Crippen LogP contribution is -2.00. The number of furan rings is 1. The molecule has 9 aromatic carbocycles. The number of nitrogens with zero attached hydrogens (tertiary/aromatic N) is 3. The van der Waals surface area contributed by atoms with Gasteiger partial charge >= 0.3 is 0 Å². The van der Waals surface area contributed by atoms with Gasteiger partial charge in [-0.15, -0.1) is 0 Å². The van der Waals surface area contributed by atoms with E-state index in [1.807, 2.05) is 42.5 Å². The number of hydrogen-bond acceptors (Lipinski definition) is 4. The third-order valence-electron chi connectivity index (χ3n) is 10.5. The predicted octanol–water partition coefficient (Wildman–Crippen LogP) is 13.1. The molecule has 53 heavy (non-hydrogen) atoms. The minimum absolute atomic E-state index is 0.604. The van der Waals surface area contributed by atoms with E-state index in [-0.39, 0.29) is 0 Å². The molecule has 0 N–H and O–H groups in total. The largest absolute Gasteiger partial charge is 0.456 e. The second-order valence-corrected chi connectivity index (χ2v) is 13.6. The monoisotopic (exact) mass is 675 g/mol. The number of hydrogen-bond donors (Lipinski definition) is 0. The minimum Gasteiger partial charge on any atom is -0.456 e. The Hall–Kier alpha value is -7.17. The zero-order valence-electron chi connectivity index (χ0n) is 28.5. The fraction of sp³-hybridized carbons (Fsp3) is 0. The van der Waals surface area contributed by atoms with Gasteiger partial charge in [0.1, 0.15) is 11.2 Å². The van der Waals surface area contributed by atoms with E-state index in [2.05, 4.69) is 133 Å². The Morgan fingerprint density at radius 1 is 0.302 bits per heavy atom. The van der Waals surface area contributed by atoms with Gasteiger partial charge in [0.2, 0.25) is 0 Å². The smallest absolute Gasteiger partial charge is 0.164 e. The van der Waals surface area contributed by atoms with Crippen LogP contribution in [-0.4, -0.2) is 15.0 Å². The summed E-state index contributed by atoms with van der Waals surface area (Å²) in [5.74, 6) is 1.86. The zero-order valence-corrected chi connectivity index (χ0v) is 28.5. The van der Waals surface area contributed by atoms with Crippen molar-refractivity contribution in [3.05, 3.63) is 176 Å². The highest BCUT2D eigenvalue weighted by atomic mass is 16.3. The van der Waals surface area contributed by atoms with Gasteiger partial charge in [0.15, 0.2) is 17.5 Å². The molecule has 0 aliphatic rings. The van der Waals surface area contributed by atoms with Crippen LogP contribution in [0.5, 0.6) is 0 Å². The highest BCUT2D eigenvalue weighted by molar-refractivity contribution is 6.23. The molecule has 11 aromatic rings. The molecule has 11 rings (SSSR count). The van der Waals surface area contributed by atoms with E-state index in [1.165, 1.54) is 43.3 Å². The number of fused-ring (bicyclic) bond motifs is 9. The Kier molecular flexibility index (Phi) is 6.52. The summed E-state index contributed by atoms with van der Waals surface area (Å²) in [6.07, 6.45) is 0. The van der Waals surface area contributed by atoms with Gasteiger partial charge in [-0.3, -0.25) is 0 Å². The topological polar surface area (TPSA) is 51.8 Å². The van der Waals surface area contributed by atoms with Crippen molar-refractivity contribution in [3.8, 4) is 45.3 Å². The summed E-state index contributed by atoms with van der Waals surface area (Å²) in [7, 11) is 0. The van der Waals surface area contributed by atoms with Crippen molar-refractivity contribution >= 4 is 65.0 Å². The Labute approximate surface area is 304 Å². The standard InChI is InChI=1S/C49H29N3O/c1-2-13-32(14-3-1)47-50-48(36-24-21-30-11-4-5-15-33(30)27-36)52-49(51-47)41-19-10-20-43-46(41)40-26-25-34(29-44(40)53-43)42-28-35-23-22-31-12-6-7-16-37(31)45(35)39-18-9-8-17-38(39)42/h1-29H. The van der Waals surface area contributed by atoms with Crippen molar-refractivity contribution < 1.29 is 4.42 Å². The average Bonchev–Trinajstić information content (AvgIpc) is 3.61. The van der Waals surface area contributed by atoms with Gasteiger partial charge in [-0.05, 0) is 84.5 Å². The van der Waals surface area contributed by atoms with Crippen molar-refractivity contribution in [1.82, 2.24) is 15.0 Å². The molecule has 0 amide bonds. The molecule has 2 aromatic heterocycles. The van der Waals surface area contributed by atoms with E-state index in [0.717, 1.165) is 49.6 Å². The van der Waals surface area contributed by atoms with Gasteiger partial charge in [-0.25, -0.2) is 15.0 Å². The first-order valence-corrected chi connectivity index (χ1v) is 17.9. The molecule has 0 bridgehead atoms. The Morgan fingerprint density at radius 3 is 1.83 bits per heavy atom. The normalized spacial score (nSPS) is 11.8. The van der Waals surface area contributed by atoms with Gasteiger partial charge in [-0.2, -0.15) is 0 Å². The van der Waals surface area contributed by atoms with Crippen molar-refractivity contribution in [2.24, 2.45) is 0 Å². The molecule has 0 radical (unpaired) electrons. The molecule has 0 unspecified atom stereocenters. The van der Waals surface area contributed by atoms with Gasteiger partial charge < -0.3 is 4.42 Å². The SMILES string of the molecule is c1ccc(-c2nc(-c3ccc4ccccc4c3)nc(-c3cccc4oc5cc(-c6cc7ccc8ccccc8c7c7ccccc67)ccc5c34)n2)cc1. The van der Waals surface area contributed by atoms with Crippen LogP contribution in [0.15, 0.2) is 180 Å². The number of rotatable bonds is 4. The van der Waals surface area contributed by atoms with Crippen LogP contribution in [0.1, 0.15) is 0 Å². The van der Waals surface area contributed by atoms with Crippen molar-refractivity contribution in [2.45, 2.75) is 0 Å².